The monoisotopic (exact) mass is 810 g/mol. The summed E-state index contributed by atoms with van der Waals surface area (Å²) in [7, 11) is 1.73. The number of hydrogen-bond donors (Lipinski definition) is 2. The van der Waals surface area contributed by atoms with Crippen LogP contribution in [0.5, 0.6) is 0 Å². The van der Waals surface area contributed by atoms with Crippen molar-refractivity contribution in [2.24, 2.45) is 23.2 Å². The molecule has 2 amide bonds. The van der Waals surface area contributed by atoms with Gasteiger partial charge in [0, 0.05) is 90.7 Å². The highest BCUT2D eigenvalue weighted by Gasteiger charge is 2.50. The fraction of sp³-hybridized carbons (Fsp3) is 0.568. The van der Waals surface area contributed by atoms with E-state index in [2.05, 4.69) is 67.3 Å². The van der Waals surface area contributed by atoms with Gasteiger partial charge in [0.1, 0.15) is 18.2 Å². The van der Waals surface area contributed by atoms with E-state index in [9.17, 15) is 14.4 Å². The summed E-state index contributed by atoms with van der Waals surface area (Å²) in [5.41, 5.74) is 9.39. The van der Waals surface area contributed by atoms with Crippen molar-refractivity contribution in [3.63, 3.8) is 0 Å². The number of cyclic esters (lactones) is 1. The first kappa shape index (κ1) is 39.3. The Morgan fingerprint density at radius 2 is 1.93 bits per heavy atom. The van der Waals surface area contributed by atoms with Gasteiger partial charge in [-0.25, -0.2) is 10.4 Å². The lowest BCUT2D eigenvalue weighted by Crippen LogP contribution is -2.60. The van der Waals surface area contributed by atoms with E-state index in [-0.39, 0.29) is 54.6 Å². The van der Waals surface area contributed by atoms with Gasteiger partial charge in [0.05, 0.1) is 41.4 Å². The predicted molar refractivity (Wildman–Crippen MR) is 219 cm³/mol. The highest BCUT2D eigenvalue weighted by Crippen LogP contribution is 2.57. The SMILES string of the molecule is CO[C@@H]1c2ncccc2-c2c3c4cc(ccc4n2CCOC2CCOCC2)-c2csc(n2)CC(NC(=O)C2[C@@H](C)[C@H]2C)C(=O)N2CCC[C@H](N2)C(=O)OCC(C)(C)C31. The molecule has 3 unspecified atom stereocenters. The first-order valence-electron chi connectivity index (χ1n) is 20.9. The first-order valence-corrected chi connectivity index (χ1v) is 21.7. The molecule has 4 aromatic rings. The maximum atomic E-state index is 14.3. The molecule has 13 nitrogen and oxygen atoms in total. The quantitative estimate of drug-likeness (QED) is 0.219. The topological polar surface area (TPSA) is 146 Å². The maximum Gasteiger partial charge on any atom is 0.324 e. The van der Waals surface area contributed by atoms with Crippen LogP contribution in [-0.4, -0.2) is 95.6 Å². The molecule has 1 aromatic carbocycles. The average Bonchev–Trinajstić information content (AvgIpc) is 3.51. The van der Waals surface area contributed by atoms with E-state index in [4.69, 9.17) is 28.9 Å². The summed E-state index contributed by atoms with van der Waals surface area (Å²) in [6.07, 6.45) is 4.68. The van der Waals surface area contributed by atoms with E-state index in [0.717, 1.165) is 62.5 Å². The largest absolute Gasteiger partial charge is 0.464 e. The number of ether oxygens (including phenoxy) is 4. The van der Waals surface area contributed by atoms with Crippen molar-refractivity contribution in [2.45, 2.75) is 96.6 Å². The summed E-state index contributed by atoms with van der Waals surface area (Å²) < 4.78 is 27.1. The van der Waals surface area contributed by atoms with Crippen molar-refractivity contribution in [1.82, 2.24) is 30.3 Å². The van der Waals surface area contributed by atoms with Gasteiger partial charge in [0.15, 0.2) is 0 Å². The van der Waals surface area contributed by atoms with Gasteiger partial charge >= 0.3 is 5.97 Å². The summed E-state index contributed by atoms with van der Waals surface area (Å²) in [5, 5.41) is 8.41. The number of fused-ring (bicyclic) bond motifs is 8. The number of hydrazine groups is 1. The molecule has 0 spiro atoms. The lowest BCUT2D eigenvalue weighted by molar-refractivity contribution is -0.156. The van der Waals surface area contributed by atoms with Gasteiger partial charge in [-0.2, -0.15) is 0 Å². The minimum absolute atomic E-state index is 0.106. The van der Waals surface area contributed by atoms with Crippen LogP contribution < -0.4 is 10.7 Å². The minimum Gasteiger partial charge on any atom is -0.464 e. The first-order chi connectivity index (χ1) is 28.0. The molecule has 2 saturated heterocycles. The van der Waals surface area contributed by atoms with Crippen molar-refractivity contribution >= 4 is 40.0 Å². The molecular formula is C44H54N6O7S. The van der Waals surface area contributed by atoms with Gasteiger partial charge in [-0.3, -0.25) is 24.4 Å². The number of nitrogens with one attached hydrogen (secondary N) is 2. The molecule has 5 aliphatic rings. The number of benzene rings is 1. The summed E-state index contributed by atoms with van der Waals surface area (Å²) in [5.74, 6) is -0.701. The maximum absolute atomic E-state index is 14.3. The normalized spacial score (nSPS) is 28.4. The molecule has 7 atom stereocenters. The molecule has 2 aliphatic carbocycles. The lowest BCUT2D eigenvalue weighted by atomic mass is 9.67. The number of aromatic nitrogens is 3. The zero-order valence-electron chi connectivity index (χ0n) is 34.0. The molecule has 308 valence electrons. The van der Waals surface area contributed by atoms with E-state index in [1.54, 1.807) is 7.11 Å². The van der Waals surface area contributed by atoms with Crippen molar-refractivity contribution in [2.75, 3.05) is 40.1 Å². The Balaban J connectivity index is 1.17. The average molecular weight is 811 g/mol. The van der Waals surface area contributed by atoms with Gasteiger partial charge in [0.2, 0.25) is 5.91 Å². The van der Waals surface area contributed by atoms with Crippen molar-refractivity contribution in [3.8, 4) is 22.5 Å². The van der Waals surface area contributed by atoms with Gasteiger partial charge in [-0.1, -0.05) is 33.8 Å². The molecule has 14 heteroatoms. The molecule has 1 saturated carbocycles. The van der Waals surface area contributed by atoms with Crippen molar-refractivity contribution < 1.29 is 33.3 Å². The highest BCUT2D eigenvalue weighted by atomic mass is 32.1. The van der Waals surface area contributed by atoms with Crippen molar-refractivity contribution in [3.05, 3.63) is 58.2 Å². The van der Waals surface area contributed by atoms with Gasteiger partial charge in [-0.15, -0.1) is 11.3 Å². The number of pyridine rings is 1. The molecule has 58 heavy (non-hydrogen) atoms. The van der Waals surface area contributed by atoms with E-state index in [0.29, 0.717) is 45.8 Å². The Hall–Kier alpha value is -4.21. The Labute approximate surface area is 343 Å². The third-order valence-corrected chi connectivity index (χ3v) is 14.2. The molecule has 9 rings (SSSR count). The Morgan fingerprint density at radius 3 is 2.71 bits per heavy atom. The van der Waals surface area contributed by atoms with Crippen LogP contribution in [0.3, 0.4) is 0 Å². The van der Waals surface area contributed by atoms with Crippen LogP contribution in [-0.2, 0) is 46.3 Å². The number of hydrogen-bond acceptors (Lipinski definition) is 11. The fourth-order valence-corrected chi connectivity index (χ4v) is 10.7. The lowest BCUT2D eigenvalue weighted by Gasteiger charge is -2.42. The smallest absolute Gasteiger partial charge is 0.324 e. The van der Waals surface area contributed by atoms with Crippen LogP contribution in [0.4, 0.5) is 0 Å². The molecule has 3 aliphatic heterocycles. The number of methoxy groups -OCH3 is 1. The summed E-state index contributed by atoms with van der Waals surface area (Å²) in [6.45, 7) is 11.5. The molecular weight excluding hydrogens is 757 g/mol. The number of carbonyl (C=O) groups is 3. The van der Waals surface area contributed by atoms with Crippen LogP contribution in [0.25, 0.3) is 33.4 Å². The minimum atomic E-state index is -0.848. The molecule has 0 radical (unpaired) electrons. The van der Waals surface area contributed by atoms with Crippen LogP contribution in [0.15, 0.2) is 41.9 Å². The van der Waals surface area contributed by atoms with E-state index >= 15 is 0 Å². The van der Waals surface area contributed by atoms with Crippen LogP contribution in [0.1, 0.15) is 81.7 Å². The van der Waals surface area contributed by atoms with Crippen LogP contribution >= 0.6 is 11.3 Å². The Bertz CT molecular complexity index is 2200. The second-order valence-corrected chi connectivity index (χ2v) is 18.4. The Morgan fingerprint density at radius 1 is 1.12 bits per heavy atom. The van der Waals surface area contributed by atoms with Gasteiger partial charge in [0.25, 0.3) is 5.91 Å². The Kier molecular flexibility index (Phi) is 10.7. The number of nitrogens with zero attached hydrogens (tertiary/aromatic N) is 4. The van der Waals surface area contributed by atoms with Crippen molar-refractivity contribution in [1.29, 1.82) is 0 Å². The van der Waals surface area contributed by atoms with Gasteiger partial charge < -0.3 is 28.8 Å². The summed E-state index contributed by atoms with van der Waals surface area (Å²) in [4.78, 5) is 51.7. The van der Waals surface area contributed by atoms with E-state index in [1.165, 1.54) is 16.3 Å². The number of amides is 2. The number of carbonyl (C=O) groups excluding carboxylic acids is 3. The summed E-state index contributed by atoms with van der Waals surface area (Å²) in [6, 6.07) is 9.02. The number of thiazole rings is 1. The number of rotatable bonds is 7. The molecule has 2 N–H and O–H groups in total. The van der Waals surface area contributed by atoms with Gasteiger partial charge in [-0.05, 0) is 67.3 Å². The zero-order chi connectivity index (χ0) is 40.3. The predicted octanol–water partition coefficient (Wildman–Crippen LogP) is 5.82. The zero-order valence-corrected chi connectivity index (χ0v) is 34.8. The van der Waals surface area contributed by atoms with E-state index < -0.39 is 29.6 Å². The summed E-state index contributed by atoms with van der Waals surface area (Å²) >= 11 is 1.48. The second-order valence-electron chi connectivity index (χ2n) is 17.4. The number of esters is 1. The fourth-order valence-electron chi connectivity index (χ4n) is 9.80. The standard InChI is InChI=1S/C44H54N6O7S/c1-24-25(2)35(24)41(51)47-31-21-34-46-32(22-58-34)26-10-11-33-29(20-26)36-37(44(3,4)23-57-43(53)30-9-7-15-50(48-30)42(31)52)40(54-5)38-28(8-6-14-45-38)39(36)49(33)16-19-56-27-12-17-55-18-13-27/h6,8,10-11,14,20,22,24-25,27,30-31,35,37,40,48H,7,9,12-13,15-19,21,23H2,1-5H3,(H,47,51)/t24-,25+,30-,31?,35?,37?,40-/m0/s1. The van der Waals surface area contributed by atoms with E-state index in [1.807, 2.05) is 17.6 Å². The molecule has 6 heterocycles. The third-order valence-electron chi connectivity index (χ3n) is 13.3. The molecule has 3 aromatic heterocycles. The molecule has 6 bridgehead atoms. The molecule has 3 fully saturated rings. The second kappa shape index (κ2) is 15.8. The van der Waals surface area contributed by atoms with Crippen LogP contribution in [0.2, 0.25) is 0 Å². The highest BCUT2D eigenvalue weighted by molar-refractivity contribution is 7.10. The third kappa shape index (κ3) is 7.14. The van der Waals surface area contributed by atoms with Crippen LogP contribution in [0, 0.1) is 23.2 Å².